The molecule has 0 bridgehead atoms. The number of fused-ring (bicyclic) bond motifs is 1. The van der Waals surface area contributed by atoms with Crippen molar-refractivity contribution in [1.82, 2.24) is 14.9 Å². The van der Waals surface area contributed by atoms with Crippen LogP contribution >= 0.6 is 0 Å². The van der Waals surface area contributed by atoms with Gasteiger partial charge in [0.2, 0.25) is 5.91 Å². The Morgan fingerprint density at radius 2 is 2.00 bits per heavy atom. The highest BCUT2D eigenvalue weighted by Crippen LogP contribution is 2.28. The third-order valence-corrected chi connectivity index (χ3v) is 5.16. The lowest BCUT2D eigenvalue weighted by Gasteiger charge is -2.13. The van der Waals surface area contributed by atoms with Gasteiger partial charge in [-0.15, -0.1) is 0 Å². The normalized spacial score (nSPS) is 13.9. The molecule has 4 nitrogen and oxygen atoms in total. The molecule has 26 heavy (non-hydrogen) atoms. The predicted molar refractivity (Wildman–Crippen MR) is 104 cm³/mol. The SMILES string of the molecule is Cc1ccc(C)c(Cn2c(CCNC(=O)C3CC3)nc3ccccc32)c1. The first-order valence-corrected chi connectivity index (χ1v) is 9.40. The summed E-state index contributed by atoms with van der Waals surface area (Å²) in [7, 11) is 0. The van der Waals surface area contributed by atoms with Crippen LogP contribution in [0.5, 0.6) is 0 Å². The molecule has 1 aliphatic carbocycles. The van der Waals surface area contributed by atoms with Crippen LogP contribution in [-0.4, -0.2) is 22.0 Å². The summed E-state index contributed by atoms with van der Waals surface area (Å²) in [5.41, 5.74) is 6.05. The molecule has 0 saturated heterocycles. The number of nitrogens with zero attached hydrogens (tertiary/aromatic N) is 2. The van der Waals surface area contributed by atoms with Crippen LogP contribution in [0, 0.1) is 19.8 Å². The van der Waals surface area contributed by atoms with E-state index in [-0.39, 0.29) is 11.8 Å². The first-order chi connectivity index (χ1) is 12.6. The number of hydrogen-bond donors (Lipinski definition) is 1. The van der Waals surface area contributed by atoms with Crippen LogP contribution < -0.4 is 5.32 Å². The van der Waals surface area contributed by atoms with Crippen LogP contribution in [-0.2, 0) is 17.8 Å². The van der Waals surface area contributed by atoms with E-state index in [1.807, 2.05) is 6.07 Å². The Balaban J connectivity index is 1.60. The summed E-state index contributed by atoms with van der Waals surface area (Å²) in [5, 5.41) is 3.06. The predicted octanol–water partition coefficient (Wildman–Crippen LogP) is 3.77. The number of carbonyl (C=O) groups is 1. The minimum Gasteiger partial charge on any atom is -0.355 e. The van der Waals surface area contributed by atoms with Gasteiger partial charge in [0, 0.05) is 25.4 Å². The van der Waals surface area contributed by atoms with Gasteiger partial charge in [0.1, 0.15) is 5.82 Å². The van der Waals surface area contributed by atoms with Crippen molar-refractivity contribution >= 4 is 16.9 Å². The van der Waals surface area contributed by atoms with Gasteiger partial charge in [0.05, 0.1) is 11.0 Å². The zero-order valence-corrected chi connectivity index (χ0v) is 15.5. The molecule has 0 radical (unpaired) electrons. The molecule has 1 saturated carbocycles. The molecule has 4 rings (SSSR count). The van der Waals surface area contributed by atoms with E-state index < -0.39 is 0 Å². The molecule has 1 fully saturated rings. The number of carbonyl (C=O) groups excluding carboxylic acids is 1. The number of amides is 1. The van der Waals surface area contributed by atoms with Gasteiger partial charge in [-0.3, -0.25) is 4.79 Å². The van der Waals surface area contributed by atoms with Gasteiger partial charge in [0.15, 0.2) is 0 Å². The third-order valence-electron chi connectivity index (χ3n) is 5.16. The average molecular weight is 347 g/mol. The highest BCUT2D eigenvalue weighted by atomic mass is 16.2. The van der Waals surface area contributed by atoms with Crippen molar-refractivity contribution in [3.63, 3.8) is 0 Å². The standard InChI is InChI=1S/C22H25N3O/c1-15-7-8-16(2)18(13-15)14-25-20-6-4-3-5-19(20)24-21(25)11-12-23-22(26)17-9-10-17/h3-8,13,17H,9-12,14H2,1-2H3,(H,23,26). The minimum absolute atomic E-state index is 0.196. The van der Waals surface area contributed by atoms with Crippen molar-refractivity contribution in [2.24, 2.45) is 5.92 Å². The summed E-state index contributed by atoms with van der Waals surface area (Å²) < 4.78 is 2.29. The molecule has 3 aromatic rings. The minimum atomic E-state index is 0.196. The van der Waals surface area contributed by atoms with E-state index in [0.717, 1.165) is 42.7 Å². The van der Waals surface area contributed by atoms with Gasteiger partial charge in [-0.2, -0.15) is 0 Å². The number of nitrogens with one attached hydrogen (secondary N) is 1. The van der Waals surface area contributed by atoms with Gasteiger partial charge in [-0.1, -0.05) is 35.9 Å². The zero-order valence-electron chi connectivity index (χ0n) is 15.5. The Morgan fingerprint density at radius 3 is 2.81 bits per heavy atom. The topological polar surface area (TPSA) is 46.9 Å². The van der Waals surface area contributed by atoms with Crippen molar-refractivity contribution in [3.05, 3.63) is 65.0 Å². The fraction of sp³-hybridized carbons (Fsp3) is 0.364. The Hall–Kier alpha value is -2.62. The lowest BCUT2D eigenvalue weighted by atomic mass is 10.1. The largest absolute Gasteiger partial charge is 0.355 e. The van der Waals surface area contributed by atoms with Crippen molar-refractivity contribution in [3.8, 4) is 0 Å². The van der Waals surface area contributed by atoms with E-state index in [1.165, 1.54) is 16.7 Å². The number of aromatic nitrogens is 2. The van der Waals surface area contributed by atoms with Crippen LogP contribution in [0.2, 0.25) is 0 Å². The summed E-state index contributed by atoms with van der Waals surface area (Å²) in [6.45, 7) is 5.73. The van der Waals surface area contributed by atoms with E-state index in [0.29, 0.717) is 6.54 Å². The second-order valence-electron chi connectivity index (χ2n) is 7.35. The highest BCUT2D eigenvalue weighted by Gasteiger charge is 2.29. The van der Waals surface area contributed by atoms with Gasteiger partial charge < -0.3 is 9.88 Å². The summed E-state index contributed by atoms with van der Waals surface area (Å²) in [4.78, 5) is 16.7. The van der Waals surface area contributed by atoms with Crippen molar-refractivity contribution in [2.45, 2.75) is 39.7 Å². The molecule has 1 aliphatic rings. The molecule has 0 spiro atoms. The number of benzene rings is 2. The van der Waals surface area contributed by atoms with E-state index in [1.54, 1.807) is 0 Å². The van der Waals surface area contributed by atoms with Crippen molar-refractivity contribution < 1.29 is 4.79 Å². The molecule has 0 aliphatic heterocycles. The van der Waals surface area contributed by atoms with Gasteiger partial charge in [0.25, 0.3) is 0 Å². The molecule has 0 unspecified atom stereocenters. The maximum Gasteiger partial charge on any atom is 0.223 e. The molecule has 1 aromatic heterocycles. The monoisotopic (exact) mass is 347 g/mol. The smallest absolute Gasteiger partial charge is 0.223 e. The zero-order chi connectivity index (χ0) is 18.1. The maximum atomic E-state index is 11.9. The number of para-hydroxylation sites is 2. The number of rotatable bonds is 6. The third kappa shape index (κ3) is 3.50. The fourth-order valence-electron chi connectivity index (χ4n) is 3.42. The molecular weight excluding hydrogens is 322 g/mol. The molecular formula is C22H25N3O. The van der Waals surface area contributed by atoms with Crippen molar-refractivity contribution in [1.29, 1.82) is 0 Å². The van der Waals surface area contributed by atoms with E-state index in [4.69, 9.17) is 4.98 Å². The molecule has 1 amide bonds. The Bertz CT molecular complexity index is 953. The molecule has 2 aromatic carbocycles. The van der Waals surface area contributed by atoms with E-state index >= 15 is 0 Å². The van der Waals surface area contributed by atoms with Gasteiger partial charge in [-0.25, -0.2) is 4.98 Å². The molecule has 1 N–H and O–H groups in total. The summed E-state index contributed by atoms with van der Waals surface area (Å²) in [6, 6.07) is 14.8. The average Bonchev–Trinajstić information content (AvgIpc) is 3.43. The maximum absolute atomic E-state index is 11.9. The molecule has 4 heteroatoms. The van der Waals surface area contributed by atoms with Crippen molar-refractivity contribution in [2.75, 3.05) is 6.54 Å². The van der Waals surface area contributed by atoms with Crippen LogP contribution in [0.4, 0.5) is 0 Å². The molecule has 0 atom stereocenters. The Kier molecular flexibility index (Phi) is 4.49. The summed E-state index contributed by atoms with van der Waals surface area (Å²) >= 11 is 0. The lowest BCUT2D eigenvalue weighted by molar-refractivity contribution is -0.122. The summed E-state index contributed by atoms with van der Waals surface area (Å²) in [5.74, 6) is 1.48. The fourth-order valence-corrected chi connectivity index (χ4v) is 3.42. The molecule has 1 heterocycles. The lowest BCUT2D eigenvalue weighted by Crippen LogP contribution is -2.27. The van der Waals surface area contributed by atoms with Crippen LogP contribution in [0.3, 0.4) is 0 Å². The number of imidazole rings is 1. The van der Waals surface area contributed by atoms with Crippen LogP contribution in [0.1, 0.15) is 35.4 Å². The van der Waals surface area contributed by atoms with Gasteiger partial charge >= 0.3 is 0 Å². The van der Waals surface area contributed by atoms with E-state index in [2.05, 4.69) is 60.1 Å². The summed E-state index contributed by atoms with van der Waals surface area (Å²) in [6.07, 6.45) is 2.83. The Morgan fingerprint density at radius 1 is 1.19 bits per heavy atom. The van der Waals surface area contributed by atoms with Gasteiger partial charge in [-0.05, 0) is 49.9 Å². The molecule has 134 valence electrons. The second kappa shape index (κ2) is 6.94. The van der Waals surface area contributed by atoms with Crippen LogP contribution in [0.15, 0.2) is 42.5 Å². The van der Waals surface area contributed by atoms with E-state index in [9.17, 15) is 4.79 Å². The van der Waals surface area contributed by atoms with Crippen LogP contribution in [0.25, 0.3) is 11.0 Å². The quantitative estimate of drug-likeness (QED) is 0.738. The second-order valence-corrected chi connectivity index (χ2v) is 7.35. The number of aryl methyl sites for hydroxylation is 2. The first-order valence-electron chi connectivity index (χ1n) is 9.40. The number of hydrogen-bond acceptors (Lipinski definition) is 2. The first kappa shape index (κ1) is 16.8. The Labute approximate surface area is 154 Å². The highest BCUT2D eigenvalue weighted by molar-refractivity contribution is 5.80.